The lowest BCUT2D eigenvalue weighted by Gasteiger charge is -2.18. The van der Waals surface area contributed by atoms with E-state index in [-0.39, 0.29) is 36.5 Å². The fourth-order valence-electron chi connectivity index (χ4n) is 3.30. The monoisotopic (exact) mass is 322 g/mol. The Morgan fingerprint density at radius 2 is 1.21 bits per heavy atom. The Morgan fingerprint density at radius 1 is 0.792 bits per heavy atom. The number of amides is 2. The van der Waals surface area contributed by atoms with E-state index in [0.717, 1.165) is 0 Å². The molecule has 2 aliphatic rings. The SMILES string of the molecule is CN(C)CN1C(=O)c2cc3cc4c(cc3cc2C1=O)C(=O)CC4=O. The van der Waals surface area contributed by atoms with Crippen molar-refractivity contribution in [2.45, 2.75) is 6.42 Å². The molecule has 24 heavy (non-hydrogen) atoms. The number of carbonyl (C=O) groups excluding carboxylic acids is 4. The third kappa shape index (κ3) is 1.93. The number of hydrogen-bond donors (Lipinski definition) is 0. The van der Waals surface area contributed by atoms with Gasteiger partial charge in [-0.05, 0) is 49.1 Å². The first-order valence-electron chi connectivity index (χ1n) is 7.56. The second-order valence-corrected chi connectivity index (χ2v) is 6.43. The van der Waals surface area contributed by atoms with E-state index in [1.165, 1.54) is 4.90 Å². The van der Waals surface area contributed by atoms with Crippen LogP contribution >= 0.6 is 0 Å². The van der Waals surface area contributed by atoms with Gasteiger partial charge in [-0.3, -0.25) is 29.0 Å². The molecule has 120 valence electrons. The molecule has 1 aliphatic carbocycles. The molecule has 0 bridgehead atoms. The Labute approximate surface area is 137 Å². The average molecular weight is 322 g/mol. The van der Waals surface area contributed by atoms with Crippen LogP contribution in [0.3, 0.4) is 0 Å². The molecule has 1 heterocycles. The summed E-state index contributed by atoms with van der Waals surface area (Å²) in [5.41, 5.74) is 1.47. The van der Waals surface area contributed by atoms with Gasteiger partial charge in [-0.25, -0.2) is 0 Å². The fourth-order valence-corrected chi connectivity index (χ4v) is 3.30. The van der Waals surface area contributed by atoms with Gasteiger partial charge in [-0.1, -0.05) is 0 Å². The first kappa shape index (κ1) is 14.7. The summed E-state index contributed by atoms with van der Waals surface area (Å²) in [5, 5.41) is 1.37. The number of rotatable bonds is 2. The molecule has 0 radical (unpaired) electrons. The molecule has 2 aromatic rings. The van der Waals surface area contributed by atoms with E-state index in [1.807, 2.05) is 0 Å². The topological polar surface area (TPSA) is 74.8 Å². The van der Waals surface area contributed by atoms with Crippen LogP contribution in [0.5, 0.6) is 0 Å². The maximum absolute atomic E-state index is 12.5. The lowest BCUT2D eigenvalue weighted by atomic mass is 9.98. The summed E-state index contributed by atoms with van der Waals surface area (Å²) in [5.74, 6) is -1.08. The quantitative estimate of drug-likeness (QED) is 0.622. The summed E-state index contributed by atoms with van der Waals surface area (Å²) >= 11 is 0. The number of nitrogens with zero attached hydrogens (tertiary/aromatic N) is 2. The molecule has 6 nitrogen and oxygen atoms in total. The summed E-state index contributed by atoms with van der Waals surface area (Å²) in [7, 11) is 3.56. The van der Waals surface area contributed by atoms with E-state index >= 15 is 0 Å². The number of Topliss-reactive ketones (excluding diaryl/α,β-unsaturated/α-hetero) is 2. The lowest BCUT2D eigenvalue weighted by Crippen LogP contribution is -2.37. The second kappa shape index (κ2) is 4.82. The van der Waals surface area contributed by atoms with Gasteiger partial charge in [0, 0.05) is 11.1 Å². The van der Waals surface area contributed by atoms with Gasteiger partial charge in [0.2, 0.25) is 0 Å². The van der Waals surface area contributed by atoms with E-state index < -0.39 is 0 Å². The van der Waals surface area contributed by atoms with E-state index in [2.05, 4.69) is 0 Å². The van der Waals surface area contributed by atoms with Crippen molar-refractivity contribution >= 4 is 34.2 Å². The number of hydrogen-bond acceptors (Lipinski definition) is 5. The fraction of sp³-hybridized carbons (Fsp3) is 0.222. The molecule has 2 amide bonds. The van der Waals surface area contributed by atoms with Crippen LogP contribution in [0, 0.1) is 0 Å². The maximum Gasteiger partial charge on any atom is 0.262 e. The molecular weight excluding hydrogens is 308 g/mol. The van der Waals surface area contributed by atoms with Crippen molar-refractivity contribution in [1.82, 2.24) is 9.80 Å². The minimum absolute atomic E-state index is 0.111. The number of imide groups is 1. The first-order valence-corrected chi connectivity index (χ1v) is 7.56. The van der Waals surface area contributed by atoms with Crippen LogP contribution in [-0.2, 0) is 0 Å². The molecule has 0 saturated heterocycles. The third-order valence-corrected chi connectivity index (χ3v) is 4.41. The zero-order valence-corrected chi connectivity index (χ0v) is 13.3. The first-order chi connectivity index (χ1) is 11.4. The van der Waals surface area contributed by atoms with Gasteiger partial charge in [-0.2, -0.15) is 0 Å². The summed E-state index contributed by atoms with van der Waals surface area (Å²) in [4.78, 5) is 51.7. The van der Waals surface area contributed by atoms with Crippen molar-refractivity contribution in [3.8, 4) is 0 Å². The minimum Gasteiger partial charge on any atom is -0.294 e. The van der Waals surface area contributed by atoms with Crippen molar-refractivity contribution in [1.29, 1.82) is 0 Å². The van der Waals surface area contributed by atoms with Crippen LogP contribution in [0.25, 0.3) is 10.8 Å². The van der Waals surface area contributed by atoms with Gasteiger partial charge in [0.15, 0.2) is 11.6 Å². The zero-order chi connectivity index (χ0) is 17.2. The standard InChI is InChI=1S/C18H14N2O4/c1-19(2)8-20-17(23)13-5-9-3-11-12(16(22)7-15(11)21)4-10(9)6-14(13)18(20)24/h3-6H,7-8H2,1-2H3. The van der Waals surface area contributed by atoms with Crippen molar-refractivity contribution in [3.63, 3.8) is 0 Å². The smallest absolute Gasteiger partial charge is 0.262 e. The van der Waals surface area contributed by atoms with E-state index in [4.69, 9.17) is 0 Å². The largest absolute Gasteiger partial charge is 0.294 e. The summed E-state index contributed by atoms with van der Waals surface area (Å²) in [6.45, 7) is 0.205. The third-order valence-electron chi connectivity index (χ3n) is 4.41. The molecule has 0 saturated carbocycles. The van der Waals surface area contributed by atoms with Gasteiger partial charge < -0.3 is 0 Å². The predicted octanol–water partition coefficient (Wildman–Crippen LogP) is 1.72. The molecule has 2 aromatic carbocycles. The molecule has 4 rings (SSSR count). The molecule has 1 aliphatic heterocycles. The summed E-state index contributed by atoms with van der Waals surface area (Å²) in [6, 6.07) is 6.56. The van der Waals surface area contributed by atoms with Gasteiger partial charge in [0.05, 0.1) is 24.2 Å². The Bertz CT molecular complexity index is 902. The van der Waals surface area contributed by atoms with Crippen LogP contribution in [-0.4, -0.2) is 53.9 Å². The Hall–Kier alpha value is -2.86. The zero-order valence-electron chi connectivity index (χ0n) is 13.3. The van der Waals surface area contributed by atoms with Gasteiger partial charge in [0.25, 0.3) is 11.8 Å². The number of carbonyl (C=O) groups is 4. The van der Waals surface area contributed by atoms with E-state index in [0.29, 0.717) is 33.0 Å². The molecule has 0 N–H and O–H groups in total. The predicted molar refractivity (Wildman–Crippen MR) is 86.3 cm³/mol. The van der Waals surface area contributed by atoms with Crippen LogP contribution < -0.4 is 0 Å². The minimum atomic E-state index is -0.339. The van der Waals surface area contributed by atoms with E-state index in [1.54, 1.807) is 43.3 Å². The van der Waals surface area contributed by atoms with Crippen molar-refractivity contribution in [3.05, 3.63) is 46.5 Å². The number of benzene rings is 2. The lowest BCUT2D eigenvalue weighted by molar-refractivity contribution is 0.0583. The van der Waals surface area contributed by atoms with Crippen LogP contribution in [0.4, 0.5) is 0 Å². The van der Waals surface area contributed by atoms with Gasteiger partial charge in [-0.15, -0.1) is 0 Å². The Balaban J connectivity index is 1.90. The Kier molecular flexibility index (Phi) is 2.95. The highest BCUT2D eigenvalue weighted by Crippen LogP contribution is 2.32. The van der Waals surface area contributed by atoms with Crippen LogP contribution in [0.15, 0.2) is 24.3 Å². The molecule has 0 fully saturated rings. The highest BCUT2D eigenvalue weighted by molar-refractivity contribution is 6.27. The van der Waals surface area contributed by atoms with Crippen molar-refractivity contribution < 1.29 is 19.2 Å². The highest BCUT2D eigenvalue weighted by Gasteiger charge is 2.36. The molecular formula is C18H14N2O4. The molecule has 0 unspecified atom stereocenters. The number of ketones is 2. The van der Waals surface area contributed by atoms with E-state index in [9.17, 15) is 19.2 Å². The average Bonchev–Trinajstić information content (AvgIpc) is 2.92. The van der Waals surface area contributed by atoms with Crippen LogP contribution in [0.1, 0.15) is 47.9 Å². The molecule has 0 atom stereocenters. The number of fused-ring (bicyclic) bond motifs is 3. The molecule has 0 spiro atoms. The van der Waals surface area contributed by atoms with Crippen molar-refractivity contribution in [2.75, 3.05) is 20.8 Å². The highest BCUT2D eigenvalue weighted by atomic mass is 16.2. The van der Waals surface area contributed by atoms with Gasteiger partial charge >= 0.3 is 0 Å². The summed E-state index contributed by atoms with van der Waals surface area (Å²) < 4.78 is 0. The second-order valence-electron chi connectivity index (χ2n) is 6.43. The van der Waals surface area contributed by atoms with Crippen molar-refractivity contribution in [2.24, 2.45) is 0 Å². The maximum atomic E-state index is 12.5. The van der Waals surface area contributed by atoms with Crippen LogP contribution in [0.2, 0.25) is 0 Å². The Morgan fingerprint density at radius 3 is 1.62 bits per heavy atom. The molecule has 6 heteroatoms. The molecule has 0 aromatic heterocycles. The summed E-state index contributed by atoms with van der Waals surface area (Å²) in [6.07, 6.45) is -0.111. The van der Waals surface area contributed by atoms with Gasteiger partial charge in [0.1, 0.15) is 0 Å². The normalized spacial score (nSPS) is 16.5.